The number of furan rings is 1. The van der Waals surface area contributed by atoms with Crippen LogP contribution < -0.4 is 5.32 Å². The molecular weight excluding hydrogens is 410 g/mol. The van der Waals surface area contributed by atoms with E-state index in [4.69, 9.17) is 9.15 Å². The minimum Gasteiger partial charge on any atom is -0.475 e. The van der Waals surface area contributed by atoms with E-state index in [9.17, 15) is 19.8 Å². The van der Waals surface area contributed by atoms with E-state index in [0.717, 1.165) is 16.7 Å². The Labute approximate surface area is 185 Å². The van der Waals surface area contributed by atoms with E-state index in [0.29, 0.717) is 25.0 Å². The standard InChI is InChI=1S/C25H25NO6/c27-20(14-16-4-2-1-3-5-16)17-6-8-18(9-7-17)24(21-11-12-22(32-21)25(29)30)31-15-19-10-13-23(28)26-19/h1-9,11-12,19-20,24,27H,10,13-15H2,(H,26,28)(H,29,30)/t19?,20-,24?/m0/s1. The molecule has 1 fully saturated rings. The summed E-state index contributed by atoms with van der Waals surface area (Å²) in [6.45, 7) is 0.276. The Kier molecular flexibility index (Phi) is 6.68. The Morgan fingerprint density at radius 1 is 1.06 bits per heavy atom. The molecule has 2 heterocycles. The Bertz CT molecular complexity index is 1060. The lowest BCUT2D eigenvalue weighted by atomic mass is 9.98. The highest BCUT2D eigenvalue weighted by atomic mass is 16.5. The lowest BCUT2D eigenvalue weighted by Gasteiger charge is -2.20. The maximum Gasteiger partial charge on any atom is 0.371 e. The van der Waals surface area contributed by atoms with Crippen molar-refractivity contribution < 1.29 is 29.0 Å². The molecule has 0 aliphatic carbocycles. The van der Waals surface area contributed by atoms with E-state index >= 15 is 0 Å². The van der Waals surface area contributed by atoms with E-state index in [-0.39, 0.29) is 24.3 Å². The normalized spacial score (nSPS) is 17.7. The lowest BCUT2D eigenvalue weighted by Crippen LogP contribution is -2.30. The molecule has 2 aromatic carbocycles. The topological polar surface area (TPSA) is 109 Å². The molecule has 3 atom stereocenters. The molecule has 1 amide bonds. The number of hydrogen-bond donors (Lipinski definition) is 3. The second-order valence-electron chi connectivity index (χ2n) is 7.90. The molecule has 7 heteroatoms. The van der Waals surface area contributed by atoms with Crippen LogP contribution in [-0.2, 0) is 16.0 Å². The molecule has 0 radical (unpaired) electrons. The molecular formula is C25H25NO6. The number of amides is 1. The van der Waals surface area contributed by atoms with Gasteiger partial charge in [0, 0.05) is 12.8 Å². The van der Waals surface area contributed by atoms with Crippen LogP contribution in [0.3, 0.4) is 0 Å². The van der Waals surface area contributed by atoms with E-state index in [1.54, 1.807) is 6.07 Å². The van der Waals surface area contributed by atoms with Crippen LogP contribution in [-0.4, -0.2) is 34.7 Å². The number of carboxylic acids is 1. The number of ether oxygens (including phenoxy) is 1. The Morgan fingerprint density at radius 3 is 2.41 bits per heavy atom. The number of nitrogens with one attached hydrogen (secondary N) is 1. The van der Waals surface area contributed by atoms with Gasteiger partial charge in [0.05, 0.1) is 18.8 Å². The number of carboxylic acid groups (broad SMARTS) is 1. The molecule has 3 aromatic rings. The minimum atomic E-state index is -1.16. The van der Waals surface area contributed by atoms with E-state index in [2.05, 4.69) is 5.32 Å². The molecule has 1 saturated heterocycles. The Hall–Kier alpha value is -3.42. The first-order valence-electron chi connectivity index (χ1n) is 10.6. The summed E-state index contributed by atoms with van der Waals surface area (Å²) in [7, 11) is 0. The summed E-state index contributed by atoms with van der Waals surface area (Å²) >= 11 is 0. The molecule has 3 N–H and O–H groups in total. The molecule has 1 aromatic heterocycles. The van der Waals surface area contributed by atoms with E-state index < -0.39 is 18.2 Å². The molecule has 0 spiro atoms. The number of aliphatic hydroxyl groups excluding tert-OH is 1. The van der Waals surface area contributed by atoms with E-state index in [1.165, 1.54) is 6.07 Å². The van der Waals surface area contributed by atoms with Gasteiger partial charge in [-0.1, -0.05) is 54.6 Å². The summed E-state index contributed by atoms with van der Waals surface area (Å²) < 4.78 is 11.6. The first kappa shape index (κ1) is 21.8. The van der Waals surface area contributed by atoms with Crippen molar-refractivity contribution in [1.29, 1.82) is 0 Å². The van der Waals surface area contributed by atoms with Gasteiger partial charge in [-0.3, -0.25) is 4.79 Å². The lowest BCUT2D eigenvalue weighted by molar-refractivity contribution is -0.119. The van der Waals surface area contributed by atoms with Crippen LogP contribution in [0.4, 0.5) is 0 Å². The first-order valence-corrected chi connectivity index (χ1v) is 10.6. The zero-order valence-corrected chi connectivity index (χ0v) is 17.4. The van der Waals surface area contributed by atoms with Crippen molar-refractivity contribution in [2.24, 2.45) is 0 Å². The monoisotopic (exact) mass is 435 g/mol. The average molecular weight is 435 g/mol. The maximum absolute atomic E-state index is 11.5. The van der Waals surface area contributed by atoms with Crippen LogP contribution >= 0.6 is 0 Å². The highest BCUT2D eigenvalue weighted by Gasteiger charge is 2.26. The molecule has 1 aliphatic heterocycles. The quantitative estimate of drug-likeness (QED) is 0.474. The van der Waals surface area contributed by atoms with Crippen LogP contribution in [0.25, 0.3) is 0 Å². The summed E-state index contributed by atoms with van der Waals surface area (Å²) in [5.74, 6) is -0.961. The van der Waals surface area contributed by atoms with E-state index in [1.807, 2.05) is 54.6 Å². The predicted molar refractivity (Wildman–Crippen MR) is 116 cm³/mol. The predicted octanol–water partition coefficient (Wildman–Crippen LogP) is 3.64. The zero-order chi connectivity index (χ0) is 22.5. The summed E-state index contributed by atoms with van der Waals surface area (Å²) in [6.07, 6.45) is 0.370. The van der Waals surface area contributed by atoms with Gasteiger partial charge in [0.15, 0.2) is 0 Å². The average Bonchev–Trinajstić information content (AvgIpc) is 3.45. The number of hydrogen-bond acceptors (Lipinski definition) is 5. The second-order valence-corrected chi connectivity index (χ2v) is 7.90. The van der Waals surface area contributed by atoms with Gasteiger partial charge >= 0.3 is 5.97 Å². The number of rotatable bonds is 9. The number of aliphatic hydroxyl groups is 1. The molecule has 0 bridgehead atoms. The molecule has 32 heavy (non-hydrogen) atoms. The third kappa shape index (κ3) is 5.25. The van der Waals surface area contributed by atoms with Crippen LogP contribution in [0.1, 0.15) is 58.1 Å². The smallest absolute Gasteiger partial charge is 0.371 e. The fraction of sp³-hybridized carbons (Fsp3) is 0.280. The highest BCUT2D eigenvalue weighted by molar-refractivity contribution is 5.84. The fourth-order valence-corrected chi connectivity index (χ4v) is 3.81. The van der Waals surface area contributed by atoms with Gasteiger partial charge in [0.2, 0.25) is 11.7 Å². The van der Waals surface area contributed by atoms with Gasteiger partial charge in [-0.15, -0.1) is 0 Å². The van der Waals surface area contributed by atoms with Crippen molar-refractivity contribution in [3.8, 4) is 0 Å². The molecule has 7 nitrogen and oxygen atoms in total. The van der Waals surface area contributed by atoms with Gasteiger partial charge < -0.3 is 24.7 Å². The first-order chi connectivity index (χ1) is 15.5. The van der Waals surface area contributed by atoms with Crippen LogP contribution in [0.15, 0.2) is 71.1 Å². The maximum atomic E-state index is 11.5. The summed E-state index contributed by atoms with van der Waals surface area (Å²) in [5, 5.41) is 22.7. The third-order valence-electron chi connectivity index (χ3n) is 5.54. The SMILES string of the molecule is O=C1CCC(COC(c2ccc([C@@H](O)Cc3ccccc3)cc2)c2ccc(C(=O)O)o2)N1. The third-order valence-corrected chi connectivity index (χ3v) is 5.54. The van der Waals surface area contributed by atoms with Gasteiger partial charge in [-0.25, -0.2) is 4.79 Å². The second kappa shape index (κ2) is 9.80. The molecule has 166 valence electrons. The molecule has 1 aliphatic rings. The zero-order valence-electron chi connectivity index (χ0n) is 17.4. The summed E-state index contributed by atoms with van der Waals surface area (Å²) in [4.78, 5) is 22.7. The Morgan fingerprint density at radius 2 is 1.78 bits per heavy atom. The van der Waals surface area contributed by atoms with Crippen LogP contribution in [0.5, 0.6) is 0 Å². The molecule has 0 saturated carbocycles. The summed E-state index contributed by atoms with van der Waals surface area (Å²) in [6, 6.07) is 20.0. The van der Waals surface area contributed by atoms with Gasteiger partial charge in [0.25, 0.3) is 0 Å². The van der Waals surface area contributed by atoms with Crippen molar-refractivity contribution in [3.05, 3.63) is 94.9 Å². The van der Waals surface area contributed by atoms with Crippen molar-refractivity contribution >= 4 is 11.9 Å². The minimum absolute atomic E-state index is 0.00179. The van der Waals surface area contributed by atoms with Crippen molar-refractivity contribution in [2.45, 2.75) is 37.5 Å². The highest BCUT2D eigenvalue weighted by Crippen LogP contribution is 2.30. The van der Waals surface area contributed by atoms with Crippen LogP contribution in [0.2, 0.25) is 0 Å². The van der Waals surface area contributed by atoms with Crippen molar-refractivity contribution in [1.82, 2.24) is 5.32 Å². The van der Waals surface area contributed by atoms with Crippen molar-refractivity contribution in [3.63, 3.8) is 0 Å². The van der Waals surface area contributed by atoms with Gasteiger partial charge in [0.1, 0.15) is 11.9 Å². The number of aromatic carboxylic acids is 1. The fourth-order valence-electron chi connectivity index (χ4n) is 3.81. The number of benzene rings is 2. The number of carbonyl (C=O) groups excluding carboxylic acids is 1. The molecule has 2 unspecified atom stereocenters. The van der Waals surface area contributed by atoms with Crippen molar-refractivity contribution in [2.75, 3.05) is 6.61 Å². The van der Waals surface area contributed by atoms with Gasteiger partial charge in [-0.05, 0) is 35.2 Å². The van der Waals surface area contributed by atoms with Crippen LogP contribution in [0, 0.1) is 0 Å². The largest absolute Gasteiger partial charge is 0.475 e. The molecule has 4 rings (SSSR count). The van der Waals surface area contributed by atoms with Gasteiger partial charge in [-0.2, -0.15) is 0 Å². The number of carbonyl (C=O) groups is 2. The Balaban J connectivity index is 1.51. The summed E-state index contributed by atoms with van der Waals surface area (Å²) in [5.41, 5.74) is 2.57.